The van der Waals surface area contributed by atoms with E-state index in [-0.39, 0.29) is 44.8 Å². The first-order chi connectivity index (χ1) is 25.4. The highest BCUT2D eigenvalue weighted by atomic mass is 35.5. The molecule has 0 radical (unpaired) electrons. The van der Waals surface area contributed by atoms with E-state index >= 15 is 0 Å². The van der Waals surface area contributed by atoms with E-state index in [9.17, 15) is 19.2 Å². The minimum absolute atomic E-state index is 0.0480. The number of benzene rings is 2. The number of carbonyl (C=O) groups excluding carboxylic acids is 3. The molecule has 1 aliphatic heterocycles. The highest BCUT2D eigenvalue weighted by Gasteiger charge is 2.25. The van der Waals surface area contributed by atoms with Gasteiger partial charge in [-0.1, -0.05) is 62.7 Å². The van der Waals surface area contributed by atoms with Gasteiger partial charge < -0.3 is 35.9 Å². The number of rotatable bonds is 12. The largest absolute Gasteiger partial charge is 0.474 e. The summed E-state index contributed by atoms with van der Waals surface area (Å²) in [6.07, 6.45) is 3.51. The minimum atomic E-state index is -0.721. The molecule has 1 saturated heterocycles. The fourth-order valence-corrected chi connectivity index (χ4v) is 6.21. The Labute approximate surface area is 320 Å². The van der Waals surface area contributed by atoms with Crippen LogP contribution in [-0.2, 0) is 9.53 Å². The summed E-state index contributed by atoms with van der Waals surface area (Å²) in [6.45, 7) is 17.4. The van der Waals surface area contributed by atoms with Gasteiger partial charge in [0.2, 0.25) is 11.9 Å². The Hall–Kier alpha value is -5.43. The first kappa shape index (κ1) is 39.8. The van der Waals surface area contributed by atoms with Gasteiger partial charge in [0, 0.05) is 49.2 Å². The van der Waals surface area contributed by atoms with Crippen LogP contribution < -0.4 is 31.7 Å². The van der Waals surface area contributed by atoms with Gasteiger partial charge in [0.05, 0.1) is 16.8 Å². The highest BCUT2D eigenvalue weighted by molar-refractivity contribution is 6.34. The number of halogens is 1. The Morgan fingerprint density at radius 1 is 1.02 bits per heavy atom. The molecule has 3 amide bonds. The summed E-state index contributed by atoms with van der Waals surface area (Å²) in [5.74, 6) is -0.260. The van der Waals surface area contributed by atoms with E-state index in [0.717, 1.165) is 18.4 Å². The molecule has 0 spiro atoms. The monoisotopic (exact) mass is 756 g/mol. The zero-order chi connectivity index (χ0) is 39.2. The molecule has 1 atom stereocenters. The predicted molar refractivity (Wildman–Crippen MR) is 212 cm³/mol. The Balaban J connectivity index is 1.25. The summed E-state index contributed by atoms with van der Waals surface area (Å²) in [5.41, 5.74) is 0.191. The fraction of sp³-hybridized carbons (Fsp3) is 0.400. The lowest BCUT2D eigenvalue weighted by molar-refractivity contribution is -0.123. The second-order valence-electron chi connectivity index (χ2n) is 15.7. The van der Waals surface area contributed by atoms with Crippen LogP contribution in [0.25, 0.3) is 11.0 Å². The molecule has 2 aromatic heterocycles. The smallest absolute Gasteiger partial charge is 0.262 e. The molecule has 5 N–H and O–H groups in total. The van der Waals surface area contributed by atoms with E-state index in [1.54, 1.807) is 12.3 Å². The van der Waals surface area contributed by atoms with Crippen LogP contribution in [0.2, 0.25) is 5.02 Å². The summed E-state index contributed by atoms with van der Waals surface area (Å²) in [5, 5.41) is 12.6. The van der Waals surface area contributed by atoms with E-state index in [1.165, 1.54) is 18.2 Å². The van der Waals surface area contributed by atoms with Gasteiger partial charge in [-0.05, 0) is 75.4 Å². The van der Waals surface area contributed by atoms with Crippen molar-refractivity contribution in [2.45, 2.75) is 78.5 Å². The molecule has 286 valence electrons. The van der Waals surface area contributed by atoms with Gasteiger partial charge >= 0.3 is 0 Å². The fourth-order valence-electron chi connectivity index (χ4n) is 6.04. The molecule has 4 aromatic rings. The number of aromatic nitrogens is 3. The van der Waals surface area contributed by atoms with Crippen molar-refractivity contribution >= 4 is 52.0 Å². The van der Waals surface area contributed by atoms with Gasteiger partial charge in [0.1, 0.15) is 16.8 Å². The zero-order valence-corrected chi connectivity index (χ0v) is 32.4. The number of nitrogens with zero attached hydrogens (tertiary/aromatic N) is 3. The van der Waals surface area contributed by atoms with Gasteiger partial charge in [-0.15, -0.1) is 0 Å². The van der Waals surface area contributed by atoms with Crippen LogP contribution >= 0.6 is 11.6 Å². The number of anilines is 2. The van der Waals surface area contributed by atoms with Crippen LogP contribution in [0, 0.1) is 5.41 Å². The van der Waals surface area contributed by atoms with Crippen molar-refractivity contribution in [2.24, 2.45) is 5.41 Å². The van der Waals surface area contributed by atoms with Gasteiger partial charge in [0.25, 0.3) is 17.4 Å². The maximum absolute atomic E-state index is 13.5. The molecule has 13 nitrogen and oxygen atoms in total. The minimum Gasteiger partial charge on any atom is -0.474 e. The topological polar surface area (TPSA) is 170 Å². The first-order valence-electron chi connectivity index (χ1n) is 18.0. The van der Waals surface area contributed by atoms with Crippen molar-refractivity contribution < 1.29 is 19.1 Å². The van der Waals surface area contributed by atoms with Gasteiger partial charge in [-0.3, -0.25) is 19.2 Å². The molecule has 1 unspecified atom stereocenters. The number of H-pyrrole nitrogens is 1. The first-order valence-corrected chi connectivity index (χ1v) is 18.3. The molecule has 2 aromatic carbocycles. The number of aromatic amines is 1. The van der Waals surface area contributed by atoms with Crippen molar-refractivity contribution in [3.8, 4) is 0 Å². The van der Waals surface area contributed by atoms with E-state index in [4.69, 9.17) is 16.3 Å². The van der Waals surface area contributed by atoms with E-state index in [2.05, 4.69) is 42.8 Å². The van der Waals surface area contributed by atoms with Crippen molar-refractivity contribution in [1.82, 2.24) is 30.9 Å². The molecule has 0 bridgehead atoms. The molecule has 5 rings (SSSR count). The quantitative estimate of drug-likeness (QED) is 0.107. The lowest BCUT2D eigenvalue weighted by atomic mass is 9.91. The van der Waals surface area contributed by atoms with Crippen LogP contribution in [0.4, 0.5) is 11.6 Å². The molecule has 54 heavy (non-hydrogen) atoms. The second-order valence-corrected chi connectivity index (χ2v) is 16.1. The van der Waals surface area contributed by atoms with E-state index in [0.29, 0.717) is 43.3 Å². The standard InChI is InChI=1S/C40H49ClN8O5/c1-24(54-40(5,6)7)42-23-32(25-11-9-8-10-12-25)46-35(51)26-13-14-30(41)31(20-26)45-36(52)29-19-27-22-43-38(48-34(27)47-37(29)53)49-17-15-28(16-18-49)44-33(50)21-39(2,3)4/h8-14,19-20,22,28,32,42H,1,15-18,21,23H2,2-7H3,(H,44,50)(H,45,52)(H,46,51)(H,43,47,48,53). The van der Waals surface area contributed by atoms with Gasteiger partial charge in [0.15, 0.2) is 5.88 Å². The number of amides is 3. The Morgan fingerprint density at radius 2 is 1.72 bits per heavy atom. The number of fused-ring (bicyclic) bond motifs is 1. The average molecular weight is 757 g/mol. The third-order valence-corrected chi connectivity index (χ3v) is 8.91. The number of hydrogen-bond donors (Lipinski definition) is 5. The van der Waals surface area contributed by atoms with Crippen molar-refractivity contribution in [1.29, 1.82) is 0 Å². The van der Waals surface area contributed by atoms with Crippen LogP contribution in [0.1, 0.15) is 93.1 Å². The van der Waals surface area contributed by atoms with Crippen molar-refractivity contribution in [3.05, 3.63) is 105 Å². The summed E-state index contributed by atoms with van der Waals surface area (Å²) < 4.78 is 5.78. The molecule has 0 saturated carbocycles. The third kappa shape index (κ3) is 11.0. The molecule has 1 fully saturated rings. The van der Waals surface area contributed by atoms with Gasteiger partial charge in [-0.25, -0.2) is 4.98 Å². The number of hydrogen-bond acceptors (Lipinski definition) is 9. The average Bonchev–Trinajstić information content (AvgIpc) is 3.09. The number of nitrogens with one attached hydrogen (secondary N) is 5. The van der Waals surface area contributed by atoms with Crippen LogP contribution in [0.3, 0.4) is 0 Å². The van der Waals surface area contributed by atoms with E-state index in [1.807, 2.05) is 76.8 Å². The SMILES string of the molecule is C=C(NCC(NC(=O)c1ccc(Cl)c(NC(=O)c2cc3cnc(N4CCC(NC(=O)CC(C)(C)C)CC4)nc3[nH]c2=O)c1)c1ccccc1)OC(C)(C)C. The third-order valence-electron chi connectivity index (χ3n) is 8.58. The Bertz CT molecular complexity index is 2060. The lowest BCUT2D eigenvalue weighted by Gasteiger charge is -2.33. The number of carbonyl (C=O) groups is 3. The number of ether oxygens (including phenoxy) is 1. The Kier molecular flexibility index (Phi) is 12.3. The van der Waals surface area contributed by atoms with Crippen LogP contribution in [0.15, 0.2) is 78.1 Å². The van der Waals surface area contributed by atoms with Crippen LogP contribution in [0.5, 0.6) is 0 Å². The number of piperidine rings is 1. The molecule has 0 aliphatic carbocycles. The lowest BCUT2D eigenvalue weighted by Crippen LogP contribution is -2.45. The predicted octanol–water partition coefficient (Wildman–Crippen LogP) is 6.09. The second kappa shape index (κ2) is 16.7. The normalized spacial score (nSPS) is 14.2. The highest BCUT2D eigenvalue weighted by Crippen LogP contribution is 2.26. The molecular weight excluding hydrogens is 708 g/mol. The van der Waals surface area contributed by atoms with Gasteiger partial charge in [-0.2, -0.15) is 4.98 Å². The number of pyridine rings is 1. The molecule has 3 heterocycles. The summed E-state index contributed by atoms with van der Waals surface area (Å²) in [4.78, 5) is 66.3. The summed E-state index contributed by atoms with van der Waals surface area (Å²) >= 11 is 6.45. The van der Waals surface area contributed by atoms with Crippen LogP contribution in [-0.4, -0.2) is 64.0 Å². The van der Waals surface area contributed by atoms with E-state index < -0.39 is 29.0 Å². The Morgan fingerprint density at radius 3 is 2.39 bits per heavy atom. The summed E-state index contributed by atoms with van der Waals surface area (Å²) in [6, 6.07) is 15.0. The zero-order valence-electron chi connectivity index (χ0n) is 31.6. The van der Waals surface area contributed by atoms with Crippen molar-refractivity contribution in [3.63, 3.8) is 0 Å². The molecule has 1 aliphatic rings. The molecular formula is C40H49ClN8O5. The maximum atomic E-state index is 13.5. The maximum Gasteiger partial charge on any atom is 0.262 e. The summed E-state index contributed by atoms with van der Waals surface area (Å²) in [7, 11) is 0. The van der Waals surface area contributed by atoms with Crippen molar-refractivity contribution in [2.75, 3.05) is 29.9 Å². The molecule has 14 heteroatoms.